The average molecular weight is 452 g/mol. The minimum atomic E-state index is -0.725. The van der Waals surface area contributed by atoms with E-state index in [0.717, 1.165) is 10.0 Å². The van der Waals surface area contributed by atoms with Crippen LogP contribution < -0.4 is 5.32 Å². The molecule has 4 aromatic rings. The van der Waals surface area contributed by atoms with Gasteiger partial charge in [-0.2, -0.15) is 0 Å². The summed E-state index contributed by atoms with van der Waals surface area (Å²) in [4.78, 5) is 12.8. The van der Waals surface area contributed by atoms with Crippen LogP contribution in [0.2, 0.25) is 0 Å². The number of amides is 1. The molecule has 0 aliphatic carbocycles. The lowest BCUT2D eigenvalue weighted by atomic mass is 10.1. The summed E-state index contributed by atoms with van der Waals surface area (Å²) in [5.74, 6) is -0.139. The Kier molecular flexibility index (Phi) is 5.48. The molecule has 1 N–H and O–H groups in total. The van der Waals surface area contributed by atoms with Crippen molar-refractivity contribution in [2.75, 3.05) is 0 Å². The Morgan fingerprint density at radius 2 is 1.62 bits per heavy atom. The van der Waals surface area contributed by atoms with Crippen LogP contribution in [0.4, 0.5) is 4.39 Å². The van der Waals surface area contributed by atoms with Gasteiger partial charge in [0.15, 0.2) is 0 Å². The summed E-state index contributed by atoms with van der Waals surface area (Å²) in [7, 11) is 0. The van der Waals surface area contributed by atoms with Crippen molar-refractivity contribution in [2.45, 2.75) is 6.04 Å². The summed E-state index contributed by atoms with van der Waals surface area (Å²) >= 11 is 3.35. The fraction of sp³-hybridized carbons (Fsp3) is 0.0455. The van der Waals surface area contributed by atoms with Crippen molar-refractivity contribution < 1.29 is 13.6 Å². The SMILES string of the molecule is O=C(NC(c1ccc(F)cc1)c1nnc(-c2ccccc2)o1)c1ccc(Br)cc1. The molecule has 0 spiro atoms. The van der Waals surface area contributed by atoms with E-state index in [2.05, 4.69) is 31.4 Å². The van der Waals surface area contributed by atoms with E-state index in [1.807, 2.05) is 30.3 Å². The lowest BCUT2D eigenvalue weighted by molar-refractivity contribution is 0.0938. The van der Waals surface area contributed by atoms with Crippen LogP contribution >= 0.6 is 15.9 Å². The Balaban J connectivity index is 1.67. The van der Waals surface area contributed by atoms with Crippen LogP contribution in [0, 0.1) is 5.82 Å². The van der Waals surface area contributed by atoms with Gasteiger partial charge in [-0.25, -0.2) is 4.39 Å². The lowest BCUT2D eigenvalue weighted by Crippen LogP contribution is -2.29. The third kappa shape index (κ3) is 4.41. The highest BCUT2D eigenvalue weighted by Gasteiger charge is 2.24. The number of hydrogen-bond donors (Lipinski definition) is 1. The molecule has 0 saturated heterocycles. The number of carbonyl (C=O) groups is 1. The molecule has 1 atom stereocenters. The number of benzene rings is 3. The van der Waals surface area contributed by atoms with E-state index in [9.17, 15) is 9.18 Å². The summed E-state index contributed by atoms with van der Waals surface area (Å²) < 4.78 is 20.1. The van der Waals surface area contributed by atoms with E-state index >= 15 is 0 Å². The molecule has 1 amide bonds. The Bertz CT molecular complexity index is 1110. The first kappa shape index (κ1) is 19.0. The average Bonchev–Trinajstić information content (AvgIpc) is 3.24. The van der Waals surface area contributed by atoms with Crippen molar-refractivity contribution in [2.24, 2.45) is 0 Å². The predicted octanol–water partition coefficient (Wildman–Crippen LogP) is 5.16. The maximum Gasteiger partial charge on any atom is 0.252 e. The quantitative estimate of drug-likeness (QED) is 0.455. The second-order valence-corrected chi connectivity index (χ2v) is 7.19. The van der Waals surface area contributed by atoms with Gasteiger partial charge in [0.1, 0.15) is 11.9 Å². The van der Waals surface area contributed by atoms with Gasteiger partial charge in [0.05, 0.1) is 0 Å². The second-order valence-electron chi connectivity index (χ2n) is 6.28. The molecule has 1 heterocycles. The van der Waals surface area contributed by atoms with E-state index in [-0.39, 0.29) is 17.6 Å². The molecule has 0 radical (unpaired) electrons. The van der Waals surface area contributed by atoms with Gasteiger partial charge in [0.25, 0.3) is 5.91 Å². The summed E-state index contributed by atoms with van der Waals surface area (Å²) in [5.41, 5.74) is 1.87. The topological polar surface area (TPSA) is 68.0 Å². The Morgan fingerprint density at radius 1 is 0.931 bits per heavy atom. The van der Waals surface area contributed by atoms with Gasteiger partial charge in [-0.05, 0) is 54.1 Å². The number of carbonyl (C=O) groups excluding carboxylic acids is 1. The minimum Gasteiger partial charge on any atom is -0.418 e. The first-order chi connectivity index (χ1) is 14.1. The number of nitrogens with zero attached hydrogens (tertiary/aromatic N) is 2. The van der Waals surface area contributed by atoms with Gasteiger partial charge >= 0.3 is 0 Å². The Hall–Kier alpha value is -3.32. The van der Waals surface area contributed by atoms with Crippen molar-refractivity contribution in [3.8, 4) is 11.5 Å². The monoisotopic (exact) mass is 451 g/mol. The summed E-state index contributed by atoms with van der Waals surface area (Å²) in [6.07, 6.45) is 0. The van der Waals surface area contributed by atoms with Crippen molar-refractivity contribution in [1.82, 2.24) is 15.5 Å². The zero-order chi connectivity index (χ0) is 20.2. The molecule has 0 aliphatic rings. The van der Waals surface area contributed by atoms with Gasteiger partial charge in [-0.1, -0.05) is 46.3 Å². The van der Waals surface area contributed by atoms with Crippen LogP contribution in [0.25, 0.3) is 11.5 Å². The Labute approximate surface area is 174 Å². The number of aromatic nitrogens is 2. The van der Waals surface area contributed by atoms with E-state index in [1.54, 1.807) is 36.4 Å². The number of hydrogen-bond acceptors (Lipinski definition) is 4. The molecule has 0 bridgehead atoms. The van der Waals surface area contributed by atoms with Gasteiger partial charge in [-0.15, -0.1) is 10.2 Å². The molecule has 29 heavy (non-hydrogen) atoms. The third-order valence-electron chi connectivity index (χ3n) is 4.29. The maximum absolute atomic E-state index is 13.4. The minimum absolute atomic E-state index is 0.209. The van der Waals surface area contributed by atoms with Crippen LogP contribution in [0.3, 0.4) is 0 Å². The van der Waals surface area contributed by atoms with Gasteiger partial charge in [-0.3, -0.25) is 4.79 Å². The van der Waals surface area contributed by atoms with Crippen LogP contribution in [0.1, 0.15) is 27.9 Å². The van der Waals surface area contributed by atoms with Crippen LogP contribution in [-0.2, 0) is 0 Å². The first-order valence-electron chi connectivity index (χ1n) is 8.81. The third-order valence-corrected chi connectivity index (χ3v) is 4.82. The molecule has 144 valence electrons. The van der Waals surface area contributed by atoms with Crippen LogP contribution in [-0.4, -0.2) is 16.1 Å². The van der Waals surface area contributed by atoms with E-state index in [1.165, 1.54) is 12.1 Å². The number of rotatable bonds is 5. The molecule has 1 aromatic heterocycles. The molecule has 5 nitrogen and oxygen atoms in total. The molecular formula is C22H15BrFN3O2. The van der Waals surface area contributed by atoms with Gasteiger partial charge in [0.2, 0.25) is 11.8 Å². The van der Waals surface area contributed by atoms with E-state index < -0.39 is 6.04 Å². The maximum atomic E-state index is 13.4. The Morgan fingerprint density at radius 3 is 2.31 bits per heavy atom. The van der Waals surface area contributed by atoms with Crippen LogP contribution in [0.5, 0.6) is 0 Å². The largest absolute Gasteiger partial charge is 0.418 e. The number of nitrogens with one attached hydrogen (secondary N) is 1. The molecule has 4 rings (SSSR count). The molecule has 3 aromatic carbocycles. The number of halogens is 2. The molecule has 0 fully saturated rings. The highest BCUT2D eigenvalue weighted by atomic mass is 79.9. The van der Waals surface area contributed by atoms with E-state index in [4.69, 9.17) is 4.42 Å². The molecule has 0 aliphatic heterocycles. The van der Waals surface area contributed by atoms with Crippen molar-refractivity contribution in [1.29, 1.82) is 0 Å². The fourth-order valence-corrected chi connectivity index (χ4v) is 3.07. The molecule has 1 unspecified atom stereocenters. The first-order valence-corrected chi connectivity index (χ1v) is 9.60. The molecular weight excluding hydrogens is 437 g/mol. The predicted molar refractivity (Wildman–Crippen MR) is 110 cm³/mol. The second kappa shape index (κ2) is 8.36. The van der Waals surface area contributed by atoms with Gasteiger partial charge in [0, 0.05) is 15.6 Å². The lowest BCUT2D eigenvalue weighted by Gasteiger charge is -2.16. The highest BCUT2D eigenvalue weighted by Crippen LogP contribution is 2.26. The summed E-state index contributed by atoms with van der Waals surface area (Å²) in [6, 6.07) is 21.4. The summed E-state index contributed by atoms with van der Waals surface area (Å²) in [5, 5.41) is 11.1. The van der Waals surface area contributed by atoms with E-state index in [0.29, 0.717) is 17.0 Å². The van der Waals surface area contributed by atoms with Crippen molar-refractivity contribution >= 4 is 21.8 Å². The standard InChI is InChI=1S/C22H15BrFN3O2/c23-17-10-6-15(7-11-17)20(28)25-19(14-8-12-18(24)13-9-14)22-27-26-21(29-22)16-4-2-1-3-5-16/h1-13,19H,(H,25,28). The van der Waals surface area contributed by atoms with Crippen molar-refractivity contribution in [3.05, 3.63) is 106 Å². The molecule has 0 saturated carbocycles. The zero-order valence-electron chi connectivity index (χ0n) is 15.0. The van der Waals surface area contributed by atoms with Crippen molar-refractivity contribution in [3.63, 3.8) is 0 Å². The van der Waals surface area contributed by atoms with Gasteiger partial charge < -0.3 is 9.73 Å². The zero-order valence-corrected chi connectivity index (χ0v) is 16.6. The fourth-order valence-electron chi connectivity index (χ4n) is 2.81. The summed E-state index contributed by atoms with van der Waals surface area (Å²) in [6.45, 7) is 0. The van der Waals surface area contributed by atoms with Crippen LogP contribution in [0.15, 0.2) is 87.8 Å². The normalized spacial score (nSPS) is 11.8. The molecule has 7 heteroatoms. The smallest absolute Gasteiger partial charge is 0.252 e. The highest BCUT2D eigenvalue weighted by molar-refractivity contribution is 9.10.